The largest absolute Gasteiger partial charge is 0.462 e. The Morgan fingerprint density at radius 3 is 2.72 bits per heavy atom. The van der Waals surface area contributed by atoms with Crippen molar-refractivity contribution in [3.05, 3.63) is 42.6 Å². The van der Waals surface area contributed by atoms with Crippen molar-refractivity contribution in [1.82, 2.24) is 9.55 Å². The number of nitrogens with one attached hydrogen (secondary N) is 1. The number of amides is 1. The molecule has 170 valence electrons. The van der Waals surface area contributed by atoms with Gasteiger partial charge in [0.25, 0.3) is 5.56 Å². The second-order valence-electron chi connectivity index (χ2n) is 8.34. The van der Waals surface area contributed by atoms with Gasteiger partial charge in [-0.3, -0.25) is 14.2 Å². The van der Waals surface area contributed by atoms with Crippen molar-refractivity contribution >= 4 is 49.8 Å². The molecule has 1 unspecified atom stereocenters. The van der Waals surface area contributed by atoms with E-state index in [1.54, 1.807) is 25.2 Å². The molecule has 0 bridgehead atoms. The Balaban J connectivity index is 1.65. The molecule has 1 atom stereocenters. The van der Waals surface area contributed by atoms with Crippen molar-refractivity contribution < 1.29 is 14.3 Å². The molecule has 0 saturated heterocycles. The van der Waals surface area contributed by atoms with Gasteiger partial charge in [0.05, 0.1) is 17.6 Å². The molecule has 0 fully saturated rings. The van der Waals surface area contributed by atoms with Crippen LogP contribution in [-0.4, -0.2) is 28.0 Å². The summed E-state index contributed by atoms with van der Waals surface area (Å²) in [5, 5.41) is 3.93. The van der Waals surface area contributed by atoms with Crippen molar-refractivity contribution in [2.24, 2.45) is 5.92 Å². The third-order valence-electron chi connectivity index (χ3n) is 6.03. The minimum Gasteiger partial charge on any atom is -0.462 e. The molecule has 0 aliphatic heterocycles. The molecule has 1 aliphatic carbocycles. The molecule has 3 heterocycles. The van der Waals surface area contributed by atoms with E-state index in [9.17, 15) is 14.4 Å². The summed E-state index contributed by atoms with van der Waals surface area (Å²) in [5.41, 5.74) is 2.10. The Hall–Kier alpha value is -2.52. The molecule has 1 amide bonds. The fourth-order valence-corrected chi connectivity index (χ4v) is 6.67. The van der Waals surface area contributed by atoms with Crippen molar-refractivity contribution in [3.63, 3.8) is 0 Å². The first-order chi connectivity index (χ1) is 15.2. The van der Waals surface area contributed by atoms with Crippen LogP contribution in [0.1, 0.15) is 57.3 Å². The quantitative estimate of drug-likeness (QED) is 0.555. The number of hydrogen-bond donors (Lipinski definition) is 1. The summed E-state index contributed by atoms with van der Waals surface area (Å²) in [6.45, 7) is 9.54. The summed E-state index contributed by atoms with van der Waals surface area (Å²) < 4.78 is 6.58. The van der Waals surface area contributed by atoms with E-state index in [0.29, 0.717) is 27.7 Å². The summed E-state index contributed by atoms with van der Waals surface area (Å²) in [6.07, 6.45) is 2.91. The van der Waals surface area contributed by atoms with Gasteiger partial charge in [-0.1, -0.05) is 6.92 Å². The van der Waals surface area contributed by atoms with Gasteiger partial charge in [0.15, 0.2) is 0 Å². The zero-order chi connectivity index (χ0) is 23.2. The number of ether oxygens (including phenoxy) is 1. The number of carbonyl (C=O) groups is 2. The van der Waals surface area contributed by atoms with Crippen molar-refractivity contribution in [2.45, 2.75) is 60.4 Å². The van der Waals surface area contributed by atoms with Crippen molar-refractivity contribution in [1.29, 1.82) is 0 Å². The lowest BCUT2D eigenvalue weighted by Crippen LogP contribution is -2.30. The highest BCUT2D eigenvalue weighted by Gasteiger charge is 2.25. The lowest BCUT2D eigenvalue weighted by atomic mass is 9.89. The number of nitrogens with zero attached hydrogens (tertiary/aromatic N) is 2. The fourth-order valence-electron chi connectivity index (χ4n) is 4.18. The number of esters is 1. The molecule has 4 rings (SSSR count). The smallest absolute Gasteiger partial charge is 0.341 e. The SMILES string of the molecule is CCOC(=O)c1c(NC(=O)Cn2c(C)nc3sc4c(c3c2=O)CCC(C)C4)sc(C)c1C. The van der Waals surface area contributed by atoms with Gasteiger partial charge in [-0.05, 0) is 64.0 Å². The van der Waals surface area contributed by atoms with E-state index in [1.165, 1.54) is 20.8 Å². The Labute approximate surface area is 194 Å². The standard InChI is InChI=1S/C23H27N3O4S2/c1-6-30-23(29)18-12(3)13(4)31-20(18)25-17(27)10-26-14(5)24-21-19(22(26)28)15-8-7-11(2)9-16(15)32-21/h11H,6-10H2,1-5H3,(H,25,27). The maximum atomic E-state index is 13.3. The number of fused-ring (bicyclic) bond motifs is 3. The molecule has 3 aromatic rings. The minimum absolute atomic E-state index is 0.160. The lowest BCUT2D eigenvalue weighted by molar-refractivity contribution is -0.116. The lowest BCUT2D eigenvalue weighted by Gasteiger charge is -2.17. The van der Waals surface area contributed by atoms with Crippen LogP contribution in [0.2, 0.25) is 0 Å². The van der Waals surface area contributed by atoms with E-state index >= 15 is 0 Å². The monoisotopic (exact) mass is 473 g/mol. The normalized spacial score (nSPS) is 15.6. The highest BCUT2D eigenvalue weighted by molar-refractivity contribution is 7.18. The number of aryl methyl sites for hydroxylation is 3. The van der Waals surface area contributed by atoms with E-state index in [-0.39, 0.29) is 24.6 Å². The average molecular weight is 474 g/mol. The Morgan fingerprint density at radius 1 is 1.25 bits per heavy atom. The zero-order valence-electron chi connectivity index (χ0n) is 19.0. The first kappa shape index (κ1) is 22.7. The Bertz CT molecular complexity index is 1280. The molecule has 1 N–H and O–H groups in total. The summed E-state index contributed by atoms with van der Waals surface area (Å²) in [7, 11) is 0. The minimum atomic E-state index is -0.458. The molecule has 0 radical (unpaired) electrons. The van der Waals surface area contributed by atoms with Gasteiger partial charge in [0.2, 0.25) is 5.91 Å². The van der Waals surface area contributed by atoms with Crippen LogP contribution in [0.4, 0.5) is 5.00 Å². The number of carbonyl (C=O) groups excluding carboxylic acids is 2. The first-order valence-corrected chi connectivity index (χ1v) is 12.4. The van der Waals surface area contributed by atoms with Crippen LogP contribution in [0.3, 0.4) is 0 Å². The molecule has 32 heavy (non-hydrogen) atoms. The summed E-state index contributed by atoms with van der Waals surface area (Å²) in [6, 6.07) is 0. The third kappa shape index (κ3) is 3.99. The zero-order valence-corrected chi connectivity index (χ0v) is 20.6. The molecule has 1 aliphatic rings. The van der Waals surface area contributed by atoms with E-state index in [4.69, 9.17) is 4.74 Å². The van der Waals surface area contributed by atoms with Gasteiger partial charge in [0.1, 0.15) is 22.2 Å². The van der Waals surface area contributed by atoms with Crippen molar-refractivity contribution in [3.8, 4) is 0 Å². The molecule has 3 aromatic heterocycles. The highest BCUT2D eigenvalue weighted by atomic mass is 32.1. The van der Waals surface area contributed by atoms with Crippen LogP contribution in [-0.2, 0) is 28.9 Å². The highest BCUT2D eigenvalue weighted by Crippen LogP contribution is 2.36. The Morgan fingerprint density at radius 2 is 2.00 bits per heavy atom. The number of rotatable bonds is 5. The Kier molecular flexibility index (Phi) is 6.22. The molecule has 0 spiro atoms. The van der Waals surface area contributed by atoms with Crippen LogP contribution in [0, 0.1) is 26.7 Å². The molecule has 7 nitrogen and oxygen atoms in total. The van der Waals surface area contributed by atoms with Gasteiger partial charge in [-0.2, -0.15) is 0 Å². The second-order valence-corrected chi connectivity index (χ2v) is 10.6. The maximum Gasteiger partial charge on any atom is 0.341 e. The topological polar surface area (TPSA) is 90.3 Å². The van der Waals surface area contributed by atoms with E-state index in [1.807, 2.05) is 13.8 Å². The molecular formula is C23H27N3O4S2. The molecule has 9 heteroatoms. The number of hydrogen-bond acceptors (Lipinski definition) is 7. The maximum absolute atomic E-state index is 13.3. The third-order valence-corrected chi connectivity index (χ3v) is 8.30. The van der Waals surface area contributed by atoms with E-state index < -0.39 is 5.97 Å². The van der Waals surface area contributed by atoms with Crippen LogP contribution in [0.5, 0.6) is 0 Å². The van der Waals surface area contributed by atoms with Gasteiger partial charge in [-0.15, -0.1) is 22.7 Å². The predicted molar refractivity (Wildman–Crippen MR) is 128 cm³/mol. The number of aromatic nitrogens is 2. The van der Waals surface area contributed by atoms with E-state index in [0.717, 1.165) is 40.1 Å². The number of anilines is 1. The molecule has 0 saturated carbocycles. The fraction of sp³-hybridized carbons (Fsp3) is 0.478. The molecule has 0 aromatic carbocycles. The van der Waals surface area contributed by atoms with Gasteiger partial charge in [-0.25, -0.2) is 9.78 Å². The van der Waals surface area contributed by atoms with Gasteiger partial charge in [0, 0.05) is 9.75 Å². The van der Waals surface area contributed by atoms with E-state index in [2.05, 4.69) is 17.2 Å². The summed E-state index contributed by atoms with van der Waals surface area (Å²) in [5.74, 6) is 0.283. The predicted octanol–water partition coefficient (Wildman–Crippen LogP) is 4.38. The molecular weight excluding hydrogens is 446 g/mol. The van der Waals surface area contributed by atoms with Gasteiger partial charge < -0.3 is 10.1 Å². The van der Waals surface area contributed by atoms with Gasteiger partial charge >= 0.3 is 5.97 Å². The number of thiophene rings is 2. The summed E-state index contributed by atoms with van der Waals surface area (Å²) >= 11 is 2.93. The van der Waals surface area contributed by atoms with Crippen LogP contribution in [0.25, 0.3) is 10.2 Å². The average Bonchev–Trinajstić information content (AvgIpc) is 3.21. The van der Waals surface area contributed by atoms with Crippen LogP contribution < -0.4 is 10.9 Å². The van der Waals surface area contributed by atoms with Crippen molar-refractivity contribution in [2.75, 3.05) is 11.9 Å². The first-order valence-electron chi connectivity index (χ1n) is 10.8. The summed E-state index contributed by atoms with van der Waals surface area (Å²) in [4.78, 5) is 46.2. The van der Waals surface area contributed by atoms with Crippen LogP contribution >= 0.6 is 22.7 Å². The van der Waals surface area contributed by atoms with Crippen LogP contribution in [0.15, 0.2) is 4.79 Å². The second kappa shape index (κ2) is 8.78.